The van der Waals surface area contributed by atoms with E-state index in [4.69, 9.17) is 9.47 Å². The number of rotatable bonds is 0. The summed E-state index contributed by atoms with van der Waals surface area (Å²) in [6, 6.07) is 62.4. The smallest absolute Gasteiger partial charge is 0.131 e. The molecule has 9 aromatic rings. The Kier molecular flexibility index (Phi) is 4.88. The van der Waals surface area contributed by atoms with Crippen molar-refractivity contribution in [2.75, 3.05) is 0 Å². The van der Waals surface area contributed by atoms with Crippen molar-refractivity contribution in [1.29, 1.82) is 0 Å². The van der Waals surface area contributed by atoms with Crippen LogP contribution in [0.1, 0.15) is 33.4 Å². The van der Waals surface area contributed by atoms with Crippen molar-refractivity contribution in [3.05, 3.63) is 203 Å². The van der Waals surface area contributed by atoms with Gasteiger partial charge in [0.15, 0.2) is 0 Å². The Balaban J connectivity index is 1.44. The summed E-state index contributed by atoms with van der Waals surface area (Å²) in [4.78, 5) is 0. The monoisotopic (exact) mass is 636 g/mol. The van der Waals surface area contributed by atoms with E-state index in [-0.39, 0.29) is 0 Å². The van der Waals surface area contributed by atoms with Gasteiger partial charge in [0.25, 0.3) is 0 Å². The molecule has 0 N–H and O–H groups in total. The van der Waals surface area contributed by atoms with E-state index in [0.717, 1.165) is 45.3 Å². The van der Waals surface area contributed by atoms with Crippen molar-refractivity contribution < 1.29 is 9.47 Å². The molecule has 1 aliphatic carbocycles. The minimum Gasteiger partial charge on any atom is -0.457 e. The summed E-state index contributed by atoms with van der Waals surface area (Å²) in [6.07, 6.45) is 0. The van der Waals surface area contributed by atoms with Crippen LogP contribution in [0.3, 0.4) is 0 Å². The predicted octanol–water partition coefficient (Wildman–Crippen LogP) is 12.2. The highest BCUT2D eigenvalue weighted by Gasteiger charge is 2.65. The van der Waals surface area contributed by atoms with Crippen LogP contribution in [0, 0.1) is 0 Å². The van der Waals surface area contributed by atoms with Gasteiger partial charge in [0, 0.05) is 22.3 Å². The van der Waals surface area contributed by atoms with E-state index in [1.807, 2.05) is 0 Å². The van der Waals surface area contributed by atoms with E-state index >= 15 is 0 Å². The van der Waals surface area contributed by atoms with Crippen molar-refractivity contribution in [3.8, 4) is 23.0 Å². The zero-order valence-electron chi connectivity index (χ0n) is 27.0. The van der Waals surface area contributed by atoms with Crippen LogP contribution >= 0.6 is 0 Å². The molecule has 0 radical (unpaired) electrons. The number of hydrogen-bond acceptors (Lipinski definition) is 2. The molecule has 12 rings (SSSR count). The van der Waals surface area contributed by atoms with Gasteiger partial charge in [-0.2, -0.15) is 0 Å². The van der Waals surface area contributed by atoms with E-state index in [1.165, 1.54) is 54.2 Å². The Morgan fingerprint density at radius 3 is 0.980 bits per heavy atom. The third-order valence-corrected chi connectivity index (χ3v) is 11.8. The number of ether oxygens (including phenoxy) is 2. The molecule has 3 aliphatic rings. The second-order valence-electron chi connectivity index (χ2n) is 13.9. The van der Waals surface area contributed by atoms with Gasteiger partial charge in [-0.3, -0.25) is 0 Å². The van der Waals surface area contributed by atoms with Gasteiger partial charge in [-0.05, 0) is 90.6 Å². The molecule has 2 aliphatic heterocycles. The third-order valence-electron chi connectivity index (χ3n) is 11.8. The van der Waals surface area contributed by atoms with E-state index in [9.17, 15) is 0 Å². The van der Waals surface area contributed by atoms with Crippen LogP contribution in [-0.2, 0) is 10.8 Å². The molecule has 0 fully saturated rings. The van der Waals surface area contributed by atoms with Crippen LogP contribution in [0.15, 0.2) is 170 Å². The lowest BCUT2D eigenvalue weighted by Crippen LogP contribution is -2.56. The summed E-state index contributed by atoms with van der Waals surface area (Å²) in [5.74, 6) is 3.52. The fourth-order valence-corrected chi connectivity index (χ4v) is 10.2. The molecule has 0 saturated heterocycles. The maximum absolute atomic E-state index is 6.86. The molecular formula is C48H28O2. The van der Waals surface area contributed by atoms with Crippen LogP contribution in [0.2, 0.25) is 0 Å². The predicted molar refractivity (Wildman–Crippen MR) is 202 cm³/mol. The highest BCUT2D eigenvalue weighted by molar-refractivity contribution is 6.30. The van der Waals surface area contributed by atoms with Crippen LogP contribution in [0.25, 0.3) is 43.1 Å². The van der Waals surface area contributed by atoms with E-state index in [1.54, 1.807) is 0 Å². The van der Waals surface area contributed by atoms with Crippen LogP contribution < -0.4 is 9.47 Å². The van der Waals surface area contributed by atoms with Crippen molar-refractivity contribution >= 4 is 43.1 Å². The van der Waals surface area contributed by atoms with E-state index < -0.39 is 10.8 Å². The standard InChI is InChI=1S/C48H28O2/c1-2-14-30-28-34-32-16-12-22-40-46(32)45-31(33(34)27-29(30)13-1)15-11-21-39(45)47(35-17-3-7-23-41(35)49-42-24-8-4-18-36(42)47)48(40)37-19-5-9-25-43(37)50-44-26-10-6-20-38(44)48/h1-28H. The molecule has 2 spiro atoms. The van der Waals surface area contributed by atoms with Gasteiger partial charge >= 0.3 is 0 Å². The van der Waals surface area contributed by atoms with Gasteiger partial charge in [0.2, 0.25) is 0 Å². The summed E-state index contributed by atoms with van der Waals surface area (Å²) < 4.78 is 13.7. The van der Waals surface area contributed by atoms with Gasteiger partial charge in [0.05, 0.1) is 10.8 Å². The molecule has 2 heterocycles. The number of benzene rings is 9. The molecule has 232 valence electrons. The third kappa shape index (κ3) is 2.91. The molecule has 50 heavy (non-hydrogen) atoms. The largest absolute Gasteiger partial charge is 0.457 e. The molecule has 0 amide bonds. The lowest BCUT2D eigenvalue weighted by atomic mass is 9.43. The molecule has 9 aromatic carbocycles. The first-order valence-corrected chi connectivity index (χ1v) is 17.3. The summed E-state index contributed by atoms with van der Waals surface area (Å²) in [5.41, 5.74) is 5.70. The highest BCUT2D eigenvalue weighted by atomic mass is 16.5. The van der Waals surface area contributed by atoms with Crippen LogP contribution in [-0.4, -0.2) is 0 Å². The first-order valence-electron chi connectivity index (χ1n) is 17.3. The SMILES string of the molecule is c1ccc2c(c1)Oc1ccccc1C21c2cccc3c4cc5ccccc5cc4c4cccc(c4c23)C12c1ccccc1Oc1ccccc12. The zero-order chi connectivity index (χ0) is 32.6. The molecular weight excluding hydrogens is 609 g/mol. The molecule has 0 aromatic heterocycles. The van der Waals surface area contributed by atoms with Crippen molar-refractivity contribution in [3.63, 3.8) is 0 Å². The summed E-state index contributed by atoms with van der Waals surface area (Å²) in [6.45, 7) is 0. The lowest BCUT2D eigenvalue weighted by Gasteiger charge is -2.58. The number of fused-ring (bicyclic) bond motifs is 15. The van der Waals surface area contributed by atoms with Gasteiger partial charge in [-0.25, -0.2) is 0 Å². The highest BCUT2D eigenvalue weighted by Crippen LogP contribution is 2.72. The Hall–Kier alpha value is -6.38. The maximum Gasteiger partial charge on any atom is 0.131 e. The Labute approximate surface area is 288 Å². The average Bonchev–Trinajstić information content (AvgIpc) is 3.18. The van der Waals surface area contributed by atoms with Crippen molar-refractivity contribution in [2.24, 2.45) is 0 Å². The normalized spacial score (nSPS) is 15.4. The molecule has 0 atom stereocenters. The Morgan fingerprint density at radius 1 is 0.280 bits per heavy atom. The van der Waals surface area contributed by atoms with Crippen LogP contribution in [0.5, 0.6) is 23.0 Å². The fourth-order valence-electron chi connectivity index (χ4n) is 10.2. The van der Waals surface area contributed by atoms with Gasteiger partial charge < -0.3 is 9.47 Å². The van der Waals surface area contributed by atoms with Gasteiger partial charge in [-0.15, -0.1) is 0 Å². The minimum absolute atomic E-state index is 0.736. The Bertz CT molecular complexity index is 2660. The van der Waals surface area contributed by atoms with Crippen molar-refractivity contribution in [2.45, 2.75) is 10.8 Å². The number of para-hydroxylation sites is 4. The topological polar surface area (TPSA) is 18.5 Å². The van der Waals surface area contributed by atoms with E-state index in [0.29, 0.717) is 0 Å². The average molecular weight is 637 g/mol. The van der Waals surface area contributed by atoms with Crippen LogP contribution in [0.4, 0.5) is 0 Å². The van der Waals surface area contributed by atoms with Gasteiger partial charge in [0.1, 0.15) is 23.0 Å². The molecule has 2 heteroatoms. The molecule has 2 nitrogen and oxygen atoms in total. The summed E-state index contributed by atoms with van der Waals surface area (Å²) in [7, 11) is 0. The fraction of sp³-hybridized carbons (Fsp3) is 0.0417. The second-order valence-corrected chi connectivity index (χ2v) is 13.9. The van der Waals surface area contributed by atoms with E-state index in [2.05, 4.69) is 170 Å². The second kappa shape index (κ2) is 9.19. The molecule has 0 unspecified atom stereocenters. The van der Waals surface area contributed by atoms with Crippen molar-refractivity contribution in [1.82, 2.24) is 0 Å². The summed E-state index contributed by atoms with van der Waals surface area (Å²) >= 11 is 0. The van der Waals surface area contributed by atoms with Gasteiger partial charge in [-0.1, -0.05) is 133 Å². The number of hydrogen-bond donors (Lipinski definition) is 0. The molecule has 0 saturated carbocycles. The zero-order valence-corrected chi connectivity index (χ0v) is 27.0. The first kappa shape index (κ1) is 26.6. The lowest BCUT2D eigenvalue weighted by molar-refractivity contribution is 0.322. The summed E-state index contributed by atoms with van der Waals surface area (Å²) in [5, 5.41) is 10.2. The molecule has 0 bridgehead atoms. The Morgan fingerprint density at radius 2 is 0.600 bits per heavy atom. The first-order chi connectivity index (χ1) is 24.8. The minimum atomic E-state index is -0.736. The maximum atomic E-state index is 6.86. The quantitative estimate of drug-likeness (QED) is 0.122.